The number of nitrogens with two attached hydrogens (primary N) is 1. The Kier molecular flexibility index (Phi) is 3.10. The zero-order valence-electron chi connectivity index (χ0n) is 8.91. The number of rotatable bonds is 5. The van der Waals surface area contributed by atoms with Crippen LogP contribution >= 0.6 is 0 Å². The van der Waals surface area contributed by atoms with Crippen molar-refractivity contribution in [2.24, 2.45) is 17.1 Å². The van der Waals surface area contributed by atoms with E-state index in [1.165, 1.54) is 38.8 Å². The topological polar surface area (TPSA) is 49.5 Å². The number of hydrogen-bond acceptors (Lipinski definition) is 3. The van der Waals surface area contributed by atoms with E-state index in [1.807, 2.05) is 0 Å². The van der Waals surface area contributed by atoms with Gasteiger partial charge in [0.2, 0.25) is 0 Å². The summed E-state index contributed by atoms with van der Waals surface area (Å²) >= 11 is 0. The molecular weight excluding hydrogens is 176 g/mol. The van der Waals surface area contributed by atoms with Crippen LogP contribution in [0.25, 0.3) is 0 Å². The molecule has 3 N–H and O–H groups in total. The van der Waals surface area contributed by atoms with Crippen LogP contribution in [0.5, 0.6) is 0 Å². The van der Waals surface area contributed by atoms with Crippen molar-refractivity contribution < 1.29 is 5.11 Å². The maximum Gasteiger partial charge on any atom is 0.0471 e. The molecule has 3 nitrogen and oxygen atoms in total. The lowest BCUT2D eigenvalue weighted by atomic mass is 10.0. The molecule has 0 radical (unpaired) electrons. The lowest BCUT2D eigenvalue weighted by molar-refractivity contribution is 0.206. The Morgan fingerprint density at radius 3 is 2.71 bits per heavy atom. The molecule has 0 aromatic rings. The van der Waals surface area contributed by atoms with Crippen LogP contribution < -0.4 is 5.73 Å². The predicted molar refractivity (Wildman–Crippen MR) is 57.0 cm³/mol. The molecule has 2 rings (SSSR count). The molecule has 2 fully saturated rings. The summed E-state index contributed by atoms with van der Waals surface area (Å²) in [7, 11) is 0. The van der Waals surface area contributed by atoms with Crippen molar-refractivity contribution in [2.45, 2.75) is 25.7 Å². The molecule has 1 aliphatic heterocycles. The second kappa shape index (κ2) is 4.17. The van der Waals surface area contributed by atoms with Gasteiger partial charge in [0.05, 0.1) is 0 Å². The first-order valence-corrected chi connectivity index (χ1v) is 5.81. The highest BCUT2D eigenvalue weighted by Crippen LogP contribution is 2.49. The van der Waals surface area contributed by atoms with Crippen molar-refractivity contribution in [3.05, 3.63) is 0 Å². The fourth-order valence-electron chi connectivity index (χ4n) is 2.65. The maximum absolute atomic E-state index is 9.05. The average Bonchev–Trinajstić information content (AvgIpc) is 2.78. The highest BCUT2D eigenvalue weighted by atomic mass is 16.3. The van der Waals surface area contributed by atoms with Crippen molar-refractivity contribution in [2.75, 3.05) is 32.8 Å². The van der Waals surface area contributed by atoms with Crippen LogP contribution in [0, 0.1) is 11.3 Å². The Hall–Kier alpha value is -0.120. The molecule has 0 aromatic heterocycles. The normalized spacial score (nSPS) is 30.9. The molecular formula is C11H22N2O. The minimum absolute atomic E-state index is 0.361. The summed E-state index contributed by atoms with van der Waals surface area (Å²) < 4.78 is 0. The van der Waals surface area contributed by atoms with Crippen molar-refractivity contribution >= 4 is 0 Å². The first kappa shape index (κ1) is 10.4. The molecule has 3 heteroatoms. The van der Waals surface area contributed by atoms with Crippen LogP contribution in [-0.4, -0.2) is 42.8 Å². The first-order chi connectivity index (χ1) is 6.78. The second-order valence-corrected chi connectivity index (χ2v) is 5.11. The smallest absolute Gasteiger partial charge is 0.0471 e. The van der Waals surface area contributed by atoms with Crippen molar-refractivity contribution in [3.8, 4) is 0 Å². The molecule has 0 spiro atoms. The quantitative estimate of drug-likeness (QED) is 0.673. The summed E-state index contributed by atoms with van der Waals surface area (Å²) in [6.45, 7) is 4.69. The number of aliphatic hydroxyl groups excluding tert-OH is 1. The van der Waals surface area contributed by atoms with Crippen LogP contribution in [0.2, 0.25) is 0 Å². The van der Waals surface area contributed by atoms with E-state index in [9.17, 15) is 0 Å². The summed E-state index contributed by atoms with van der Waals surface area (Å²) in [4.78, 5) is 2.52. The third kappa shape index (κ3) is 2.27. The van der Waals surface area contributed by atoms with E-state index >= 15 is 0 Å². The van der Waals surface area contributed by atoms with Gasteiger partial charge in [-0.15, -0.1) is 0 Å². The molecule has 0 aromatic carbocycles. The van der Waals surface area contributed by atoms with Gasteiger partial charge in [-0.1, -0.05) is 0 Å². The zero-order valence-corrected chi connectivity index (χ0v) is 8.91. The van der Waals surface area contributed by atoms with E-state index in [1.54, 1.807) is 0 Å². The molecule has 14 heavy (non-hydrogen) atoms. The maximum atomic E-state index is 9.05. The van der Waals surface area contributed by atoms with Gasteiger partial charge in [0.1, 0.15) is 0 Å². The van der Waals surface area contributed by atoms with Crippen molar-refractivity contribution in [3.63, 3.8) is 0 Å². The summed E-state index contributed by atoms with van der Waals surface area (Å²) in [6, 6.07) is 0. The molecule has 1 saturated heterocycles. The minimum Gasteiger partial charge on any atom is -0.396 e. The van der Waals surface area contributed by atoms with Gasteiger partial charge in [-0.05, 0) is 50.1 Å². The predicted octanol–water partition coefficient (Wildman–Crippen LogP) is 0.430. The molecule has 1 aliphatic carbocycles. The zero-order chi connectivity index (χ0) is 10.0. The van der Waals surface area contributed by atoms with E-state index in [0.29, 0.717) is 17.9 Å². The van der Waals surface area contributed by atoms with Gasteiger partial charge in [0.15, 0.2) is 0 Å². The van der Waals surface area contributed by atoms with Crippen LogP contribution in [-0.2, 0) is 0 Å². The van der Waals surface area contributed by atoms with Crippen LogP contribution in [0.4, 0.5) is 0 Å². The van der Waals surface area contributed by atoms with E-state index in [2.05, 4.69) is 4.90 Å². The van der Waals surface area contributed by atoms with Crippen LogP contribution in [0.1, 0.15) is 25.7 Å². The van der Waals surface area contributed by atoms with E-state index < -0.39 is 0 Å². The standard InChI is InChI=1S/C11H22N2O/c12-5-4-11(2-3-11)9-13-6-1-10(7-13)8-14/h10,14H,1-9,12H2. The van der Waals surface area contributed by atoms with Gasteiger partial charge in [-0.2, -0.15) is 0 Å². The monoisotopic (exact) mass is 198 g/mol. The van der Waals surface area contributed by atoms with E-state index in [4.69, 9.17) is 10.8 Å². The molecule has 1 unspecified atom stereocenters. The molecule has 2 aliphatic rings. The largest absolute Gasteiger partial charge is 0.396 e. The third-order valence-electron chi connectivity index (χ3n) is 3.82. The SMILES string of the molecule is NCCC1(CN2CCC(CO)C2)CC1. The second-order valence-electron chi connectivity index (χ2n) is 5.11. The third-order valence-corrected chi connectivity index (χ3v) is 3.82. The van der Waals surface area contributed by atoms with Gasteiger partial charge >= 0.3 is 0 Å². The van der Waals surface area contributed by atoms with Gasteiger partial charge in [0.25, 0.3) is 0 Å². The average molecular weight is 198 g/mol. The lowest BCUT2D eigenvalue weighted by Gasteiger charge is -2.22. The molecule has 0 bridgehead atoms. The Bertz CT molecular complexity index is 192. The van der Waals surface area contributed by atoms with Crippen LogP contribution in [0.3, 0.4) is 0 Å². The molecule has 82 valence electrons. The number of hydrogen-bond donors (Lipinski definition) is 2. The molecule has 1 heterocycles. The van der Waals surface area contributed by atoms with Gasteiger partial charge in [-0.25, -0.2) is 0 Å². The first-order valence-electron chi connectivity index (χ1n) is 5.81. The van der Waals surface area contributed by atoms with E-state index in [0.717, 1.165) is 13.1 Å². The molecule has 1 saturated carbocycles. The minimum atomic E-state index is 0.361. The number of aliphatic hydroxyl groups is 1. The number of nitrogens with zero attached hydrogens (tertiary/aromatic N) is 1. The summed E-state index contributed by atoms with van der Waals surface area (Å²) in [6.07, 6.45) is 5.09. The number of likely N-dealkylation sites (tertiary alicyclic amines) is 1. The lowest BCUT2D eigenvalue weighted by Crippen LogP contribution is -2.30. The fraction of sp³-hybridized carbons (Fsp3) is 1.00. The summed E-state index contributed by atoms with van der Waals surface area (Å²) in [5, 5.41) is 9.05. The fourth-order valence-corrected chi connectivity index (χ4v) is 2.65. The van der Waals surface area contributed by atoms with Crippen LogP contribution in [0.15, 0.2) is 0 Å². The molecule has 0 amide bonds. The van der Waals surface area contributed by atoms with Crippen molar-refractivity contribution in [1.29, 1.82) is 0 Å². The van der Waals surface area contributed by atoms with Gasteiger partial charge < -0.3 is 15.7 Å². The van der Waals surface area contributed by atoms with Gasteiger partial charge in [0, 0.05) is 19.7 Å². The van der Waals surface area contributed by atoms with Crippen molar-refractivity contribution in [1.82, 2.24) is 4.90 Å². The Labute approximate surface area is 86.3 Å². The Morgan fingerprint density at radius 1 is 1.43 bits per heavy atom. The summed E-state index contributed by atoms with van der Waals surface area (Å²) in [5.41, 5.74) is 6.19. The Morgan fingerprint density at radius 2 is 2.21 bits per heavy atom. The molecule has 1 atom stereocenters. The Balaban J connectivity index is 1.76. The van der Waals surface area contributed by atoms with Gasteiger partial charge in [-0.3, -0.25) is 0 Å². The highest BCUT2D eigenvalue weighted by Gasteiger charge is 2.43. The highest BCUT2D eigenvalue weighted by molar-refractivity contribution is 4.96. The summed E-state index contributed by atoms with van der Waals surface area (Å²) in [5.74, 6) is 0.531. The van der Waals surface area contributed by atoms with E-state index in [-0.39, 0.29) is 0 Å².